The van der Waals surface area contributed by atoms with Crippen molar-refractivity contribution in [2.45, 2.75) is 20.5 Å². The number of aryl methyl sites for hydroxylation is 2. The molecule has 0 aliphatic heterocycles. The predicted octanol–water partition coefficient (Wildman–Crippen LogP) is 4.93. The van der Waals surface area contributed by atoms with Gasteiger partial charge >= 0.3 is 0 Å². The van der Waals surface area contributed by atoms with Gasteiger partial charge in [-0.15, -0.1) is 0 Å². The lowest BCUT2D eigenvalue weighted by molar-refractivity contribution is 0.302. The third-order valence-electron chi connectivity index (χ3n) is 4.92. The molecule has 0 fully saturated rings. The zero-order valence-electron chi connectivity index (χ0n) is 17.0. The van der Waals surface area contributed by atoms with E-state index in [-0.39, 0.29) is 22.2 Å². The first-order valence-electron chi connectivity index (χ1n) is 9.52. The summed E-state index contributed by atoms with van der Waals surface area (Å²) in [6, 6.07) is 16.1. The standard InChI is InChI=1S/C24H21FN2O3/c1-14-9-17(10-15(2)22(14)30-13-16-7-5-4-6-8-16)23-26-19-11-18(25)12-20(29-3)21(19)24(28)27-23/h4-12H,13H2,1-3H3,(H,26,27,28). The molecule has 30 heavy (non-hydrogen) atoms. The Kier molecular flexibility index (Phi) is 5.23. The Bertz CT molecular complexity index is 1260. The molecule has 0 radical (unpaired) electrons. The highest BCUT2D eigenvalue weighted by molar-refractivity contribution is 5.85. The Balaban J connectivity index is 1.72. The van der Waals surface area contributed by atoms with Crippen LogP contribution >= 0.6 is 0 Å². The molecule has 0 atom stereocenters. The van der Waals surface area contributed by atoms with Crippen molar-refractivity contribution in [3.63, 3.8) is 0 Å². The van der Waals surface area contributed by atoms with Crippen LogP contribution in [0.2, 0.25) is 0 Å². The zero-order chi connectivity index (χ0) is 21.3. The Hall–Kier alpha value is -3.67. The van der Waals surface area contributed by atoms with Gasteiger partial charge in [-0.1, -0.05) is 30.3 Å². The van der Waals surface area contributed by atoms with Gasteiger partial charge in [-0.25, -0.2) is 9.37 Å². The normalized spacial score (nSPS) is 10.9. The van der Waals surface area contributed by atoms with E-state index in [1.165, 1.54) is 19.2 Å². The molecule has 0 saturated heterocycles. The fourth-order valence-corrected chi connectivity index (χ4v) is 3.55. The second-order valence-electron chi connectivity index (χ2n) is 7.13. The second kappa shape index (κ2) is 7.99. The number of rotatable bonds is 5. The summed E-state index contributed by atoms with van der Waals surface area (Å²) in [5, 5.41) is 0.221. The first-order chi connectivity index (χ1) is 14.5. The molecule has 0 bridgehead atoms. The van der Waals surface area contributed by atoms with Crippen LogP contribution in [0.5, 0.6) is 11.5 Å². The molecule has 4 aromatic rings. The smallest absolute Gasteiger partial charge is 0.262 e. The molecule has 1 N–H and O–H groups in total. The fraction of sp³-hybridized carbons (Fsp3) is 0.167. The van der Waals surface area contributed by atoms with Crippen LogP contribution in [0.15, 0.2) is 59.4 Å². The number of aromatic amines is 1. The lowest BCUT2D eigenvalue weighted by atomic mass is 10.0. The van der Waals surface area contributed by atoms with Gasteiger partial charge in [-0.2, -0.15) is 0 Å². The van der Waals surface area contributed by atoms with Gasteiger partial charge in [0, 0.05) is 17.7 Å². The maximum Gasteiger partial charge on any atom is 0.262 e. The van der Waals surface area contributed by atoms with E-state index in [4.69, 9.17) is 9.47 Å². The average molecular weight is 404 g/mol. The van der Waals surface area contributed by atoms with E-state index in [2.05, 4.69) is 9.97 Å². The molecule has 0 aliphatic rings. The van der Waals surface area contributed by atoms with Gasteiger partial charge in [0.25, 0.3) is 5.56 Å². The third kappa shape index (κ3) is 3.76. The van der Waals surface area contributed by atoms with E-state index < -0.39 is 5.82 Å². The van der Waals surface area contributed by atoms with E-state index in [0.717, 1.165) is 28.0 Å². The number of methoxy groups -OCH3 is 1. The van der Waals surface area contributed by atoms with Gasteiger partial charge < -0.3 is 14.5 Å². The summed E-state index contributed by atoms with van der Waals surface area (Å²) in [6.07, 6.45) is 0. The minimum Gasteiger partial charge on any atom is -0.496 e. The van der Waals surface area contributed by atoms with Gasteiger partial charge in [-0.05, 0) is 42.7 Å². The van der Waals surface area contributed by atoms with Crippen molar-refractivity contribution in [3.8, 4) is 22.9 Å². The molecule has 0 amide bonds. The minimum absolute atomic E-state index is 0.155. The first kappa shape index (κ1) is 19.6. The van der Waals surface area contributed by atoms with Crippen LogP contribution in [0.25, 0.3) is 22.3 Å². The van der Waals surface area contributed by atoms with Gasteiger partial charge in [0.1, 0.15) is 35.1 Å². The lowest BCUT2D eigenvalue weighted by Crippen LogP contribution is -2.11. The van der Waals surface area contributed by atoms with Crippen LogP contribution in [0, 0.1) is 19.7 Å². The summed E-state index contributed by atoms with van der Waals surface area (Å²) >= 11 is 0. The van der Waals surface area contributed by atoms with Gasteiger partial charge in [0.2, 0.25) is 0 Å². The monoisotopic (exact) mass is 404 g/mol. The van der Waals surface area contributed by atoms with Crippen LogP contribution in [-0.2, 0) is 6.61 Å². The third-order valence-corrected chi connectivity index (χ3v) is 4.92. The highest BCUT2D eigenvalue weighted by Crippen LogP contribution is 2.30. The Labute approximate surface area is 173 Å². The van der Waals surface area contributed by atoms with Gasteiger partial charge in [0.05, 0.1) is 12.6 Å². The zero-order valence-corrected chi connectivity index (χ0v) is 17.0. The van der Waals surface area contributed by atoms with Crippen molar-refractivity contribution in [2.75, 3.05) is 7.11 Å². The summed E-state index contributed by atoms with van der Waals surface area (Å²) in [5.41, 5.74) is 3.49. The van der Waals surface area contributed by atoms with Crippen molar-refractivity contribution in [2.24, 2.45) is 0 Å². The molecule has 5 nitrogen and oxygen atoms in total. The number of benzene rings is 3. The number of nitrogens with one attached hydrogen (secondary N) is 1. The SMILES string of the molecule is COc1cc(F)cc2nc(-c3cc(C)c(OCc4ccccc4)c(C)c3)[nH]c(=O)c12. The van der Waals surface area contributed by atoms with Crippen molar-refractivity contribution in [1.82, 2.24) is 9.97 Å². The molecule has 1 aromatic heterocycles. The quantitative estimate of drug-likeness (QED) is 0.512. The van der Waals surface area contributed by atoms with Crippen molar-refractivity contribution < 1.29 is 13.9 Å². The maximum atomic E-state index is 13.9. The lowest BCUT2D eigenvalue weighted by Gasteiger charge is -2.14. The summed E-state index contributed by atoms with van der Waals surface area (Å²) in [4.78, 5) is 19.9. The number of hydrogen-bond donors (Lipinski definition) is 1. The molecule has 152 valence electrons. The summed E-state index contributed by atoms with van der Waals surface area (Å²) in [5.74, 6) is 0.794. The van der Waals surface area contributed by atoms with E-state index in [1.807, 2.05) is 56.3 Å². The molecule has 0 saturated carbocycles. The number of halogens is 1. The predicted molar refractivity (Wildman–Crippen MR) is 115 cm³/mol. The van der Waals surface area contributed by atoms with Crippen LogP contribution in [0.1, 0.15) is 16.7 Å². The van der Waals surface area contributed by atoms with Gasteiger partial charge in [0.15, 0.2) is 0 Å². The fourth-order valence-electron chi connectivity index (χ4n) is 3.55. The largest absolute Gasteiger partial charge is 0.496 e. The maximum absolute atomic E-state index is 13.9. The molecule has 6 heteroatoms. The van der Waals surface area contributed by atoms with E-state index in [9.17, 15) is 9.18 Å². The van der Waals surface area contributed by atoms with Crippen LogP contribution in [0.3, 0.4) is 0 Å². The van der Waals surface area contributed by atoms with Crippen LogP contribution in [0.4, 0.5) is 4.39 Å². The van der Waals surface area contributed by atoms with E-state index in [1.54, 1.807) is 0 Å². The average Bonchev–Trinajstić information content (AvgIpc) is 2.72. The molecular weight excluding hydrogens is 383 g/mol. The summed E-state index contributed by atoms with van der Waals surface area (Å²) in [6.45, 7) is 4.35. The number of H-pyrrole nitrogens is 1. The molecule has 0 spiro atoms. The molecule has 1 heterocycles. The molecule has 4 rings (SSSR count). The van der Waals surface area contributed by atoms with Crippen LogP contribution in [-0.4, -0.2) is 17.1 Å². The second-order valence-corrected chi connectivity index (χ2v) is 7.13. The highest BCUT2D eigenvalue weighted by atomic mass is 19.1. The topological polar surface area (TPSA) is 64.2 Å². The number of aromatic nitrogens is 2. The number of ether oxygens (including phenoxy) is 2. The Morgan fingerprint density at radius 2 is 1.73 bits per heavy atom. The highest BCUT2D eigenvalue weighted by Gasteiger charge is 2.14. The van der Waals surface area contributed by atoms with Crippen molar-refractivity contribution in [1.29, 1.82) is 0 Å². The molecule has 3 aromatic carbocycles. The van der Waals surface area contributed by atoms with E-state index >= 15 is 0 Å². The number of fused-ring (bicyclic) bond motifs is 1. The molecule has 0 unspecified atom stereocenters. The number of hydrogen-bond acceptors (Lipinski definition) is 4. The Morgan fingerprint density at radius 3 is 2.40 bits per heavy atom. The van der Waals surface area contributed by atoms with Crippen LogP contribution < -0.4 is 15.0 Å². The number of nitrogens with zero attached hydrogens (tertiary/aromatic N) is 1. The minimum atomic E-state index is -0.513. The Morgan fingerprint density at radius 1 is 1.03 bits per heavy atom. The van der Waals surface area contributed by atoms with Crippen molar-refractivity contribution in [3.05, 3.63) is 87.5 Å². The summed E-state index contributed by atoms with van der Waals surface area (Å²) in [7, 11) is 1.39. The van der Waals surface area contributed by atoms with Crippen molar-refractivity contribution >= 4 is 10.9 Å². The first-order valence-corrected chi connectivity index (χ1v) is 9.52. The molecule has 0 aliphatic carbocycles. The van der Waals surface area contributed by atoms with Gasteiger partial charge in [-0.3, -0.25) is 4.79 Å². The summed E-state index contributed by atoms with van der Waals surface area (Å²) < 4.78 is 25.1. The molecular formula is C24H21FN2O3. The van der Waals surface area contributed by atoms with E-state index in [0.29, 0.717) is 12.4 Å².